The maximum absolute atomic E-state index is 6.78. The van der Waals surface area contributed by atoms with E-state index in [9.17, 15) is 0 Å². The lowest BCUT2D eigenvalue weighted by Gasteiger charge is -2.31. The lowest BCUT2D eigenvalue weighted by Crippen LogP contribution is -2.29. The van der Waals surface area contributed by atoms with Crippen LogP contribution in [0.2, 0.25) is 10.0 Å². The van der Waals surface area contributed by atoms with Crippen molar-refractivity contribution in [2.24, 2.45) is 0 Å². The van der Waals surface area contributed by atoms with Crippen LogP contribution in [0.5, 0.6) is 0 Å². The SMILES string of the molecule is CC1(C)c2ccc(Cl)c(n2)C(C)(C)c2ccc([nH]2)C(C)(C)c2ccc(Cl)c(n2)C(C)(C)c2ccc1[nH]2. The van der Waals surface area contributed by atoms with E-state index in [4.69, 9.17) is 33.2 Å². The highest BCUT2D eigenvalue weighted by atomic mass is 35.5. The number of nitrogens with zero attached hydrogens (tertiary/aromatic N) is 2. The average molecular weight is 522 g/mol. The minimum absolute atomic E-state index is 0.372. The van der Waals surface area contributed by atoms with E-state index in [0.29, 0.717) is 10.0 Å². The van der Waals surface area contributed by atoms with E-state index in [1.54, 1.807) is 0 Å². The highest BCUT2D eigenvalue weighted by Crippen LogP contribution is 2.42. The average Bonchev–Trinajstić information content (AvgIpc) is 3.50. The van der Waals surface area contributed by atoms with Crippen LogP contribution in [-0.2, 0) is 21.7 Å². The summed E-state index contributed by atoms with van der Waals surface area (Å²) < 4.78 is 0. The van der Waals surface area contributed by atoms with Crippen molar-refractivity contribution in [3.05, 3.63) is 104 Å². The van der Waals surface area contributed by atoms with Crippen LogP contribution in [0, 0.1) is 0 Å². The van der Waals surface area contributed by atoms with Crippen LogP contribution in [-0.4, -0.2) is 19.9 Å². The van der Waals surface area contributed by atoms with Gasteiger partial charge in [-0.25, -0.2) is 0 Å². The predicted octanol–water partition coefficient (Wildman–Crippen LogP) is 8.06. The van der Waals surface area contributed by atoms with E-state index in [2.05, 4.69) is 89.6 Å². The zero-order chi connectivity index (χ0) is 26.3. The molecule has 0 radical (unpaired) electrons. The summed E-state index contributed by atoms with van der Waals surface area (Å²) in [6, 6.07) is 16.6. The first-order valence-corrected chi connectivity index (χ1v) is 13.2. The highest BCUT2D eigenvalue weighted by Gasteiger charge is 2.37. The second kappa shape index (κ2) is 7.97. The smallest absolute Gasteiger partial charge is 0.0708 e. The minimum Gasteiger partial charge on any atom is -0.361 e. The Labute approximate surface area is 223 Å². The third-order valence-corrected chi connectivity index (χ3v) is 8.83. The Kier molecular flexibility index (Phi) is 5.56. The van der Waals surface area contributed by atoms with Gasteiger partial charge in [0.1, 0.15) is 0 Å². The number of pyridine rings is 2. The van der Waals surface area contributed by atoms with Gasteiger partial charge < -0.3 is 9.97 Å². The Balaban J connectivity index is 1.84. The molecule has 0 saturated carbocycles. The molecule has 6 heteroatoms. The molecule has 0 aromatic carbocycles. The number of hydrogen-bond acceptors (Lipinski definition) is 2. The number of fused-ring (bicyclic) bond motifs is 8. The van der Waals surface area contributed by atoms with Gasteiger partial charge in [0.15, 0.2) is 0 Å². The van der Waals surface area contributed by atoms with Crippen molar-refractivity contribution in [2.75, 3.05) is 0 Å². The monoisotopic (exact) mass is 520 g/mol. The molecule has 0 saturated heterocycles. The van der Waals surface area contributed by atoms with Crippen LogP contribution in [0.4, 0.5) is 0 Å². The van der Waals surface area contributed by atoms with Gasteiger partial charge in [0, 0.05) is 44.4 Å². The van der Waals surface area contributed by atoms with Crippen molar-refractivity contribution < 1.29 is 0 Å². The summed E-state index contributed by atoms with van der Waals surface area (Å²) >= 11 is 13.6. The van der Waals surface area contributed by atoms with E-state index in [-0.39, 0.29) is 10.8 Å². The number of aromatic amines is 2. The van der Waals surface area contributed by atoms with E-state index in [1.807, 2.05) is 24.3 Å². The molecule has 188 valence electrons. The molecule has 8 bridgehead atoms. The lowest BCUT2D eigenvalue weighted by molar-refractivity contribution is 0.534. The summed E-state index contributed by atoms with van der Waals surface area (Å²) in [5.41, 5.74) is 6.27. The van der Waals surface area contributed by atoms with E-state index in [0.717, 1.165) is 45.6 Å². The summed E-state index contributed by atoms with van der Waals surface area (Å²) in [5, 5.41) is 1.32. The van der Waals surface area contributed by atoms with Crippen LogP contribution >= 0.6 is 23.2 Å². The standard InChI is InChI=1S/C30H34Cl2N4/c1-27(2)19-13-15-23(33-19)29(5,6)26-18(32)10-12-22(36-26)28(3,4)20-14-16-24(34-20)30(7,8)25-17(31)9-11-21(27)35-25/h9-16,33-34H,1-8H3. The fourth-order valence-electron chi connectivity index (χ4n) is 5.24. The third-order valence-electron chi connectivity index (χ3n) is 8.22. The molecule has 4 aromatic heterocycles. The van der Waals surface area contributed by atoms with Gasteiger partial charge in [0.25, 0.3) is 0 Å². The highest BCUT2D eigenvalue weighted by molar-refractivity contribution is 6.31. The normalized spacial score (nSPS) is 19.2. The largest absolute Gasteiger partial charge is 0.361 e. The number of aromatic nitrogens is 4. The number of H-pyrrole nitrogens is 2. The first-order valence-electron chi connectivity index (χ1n) is 12.4. The molecule has 4 nitrogen and oxygen atoms in total. The first kappa shape index (κ1) is 25.1. The fourth-order valence-corrected chi connectivity index (χ4v) is 5.92. The molecule has 36 heavy (non-hydrogen) atoms. The van der Waals surface area contributed by atoms with Crippen molar-refractivity contribution >= 4 is 23.2 Å². The number of hydrogen-bond donors (Lipinski definition) is 2. The summed E-state index contributed by atoms with van der Waals surface area (Å²) in [6.45, 7) is 17.4. The number of rotatable bonds is 0. The summed E-state index contributed by atoms with van der Waals surface area (Å²) in [5.74, 6) is 0. The zero-order valence-corrected chi connectivity index (χ0v) is 23.8. The molecule has 0 fully saturated rings. The van der Waals surface area contributed by atoms with Crippen molar-refractivity contribution in [2.45, 2.75) is 77.0 Å². The Morgan fingerprint density at radius 3 is 1.11 bits per heavy atom. The van der Waals surface area contributed by atoms with Crippen LogP contribution in [0.1, 0.15) is 101 Å². The van der Waals surface area contributed by atoms with Crippen LogP contribution in [0.15, 0.2) is 48.5 Å². The second-order valence-electron chi connectivity index (χ2n) is 12.1. The second-order valence-corrected chi connectivity index (χ2v) is 12.9. The molecular formula is C30H34Cl2N4. The molecule has 0 spiro atoms. The maximum Gasteiger partial charge on any atom is 0.0708 e. The summed E-state index contributed by atoms with van der Waals surface area (Å²) in [6.07, 6.45) is 0. The lowest BCUT2D eigenvalue weighted by atomic mass is 9.81. The van der Waals surface area contributed by atoms with Gasteiger partial charge in [-0.1, -0.05) is 23.2 Å². The topological polar surface area (TPSA) is 57.4 Å². The molecule has 0 unspecified atom stereocenters. The number of halogens is 2. The van der Waals surface area contributed by atoms with E-state index >= 15 is 0 Å². The van der Waals surface area contributed by atoms with E-state index < -0.39 is 10.8 Å². The first-order chi connectivity index (χ1) is 16.7. The summed E-state index contributed by atoms with van der Waals surface area (Å²) in [7, 11) is 0. The van der Waals surface area contributed by atoms with Gasteiger partial charge in [0.05, 0.1) is 32.8 Å². The number of nitrogens with one attached hydrogen (secondary N) is 2. The molecular weight excluding hydrogens is 487 g/mol. The Bertz CT molecular complexity index is 1360. The van der Waals surface area contributed by atoms with Crippen LogP contribution in [0.25, 0.3) is 0 Å². The molecule has 1 aliphatic heterocycles. The predicted molar refractivity (Wildman–Crippen MR) is 149 cm³/mol. The minimum atomic E-state index is -0.434. The zero-order valence-electron chi connectivity index (χ0n) is 22.3. The van der Waals surface area contributed by atoms with Gasteiger partial charge in [0.2, 0.25) is 0 Å². The Morgan fingerprint density at radius 1 is 0.472 bits per heavy atom. The Morgan fingerprint density at radius 2 is 0.778 bits per heavy atom. The maximum atomic E-state index is 6.78. The van der Waals surface area contributed by atoms with Gasteiger partial charge in [-0.2, -0.15) is 0 Å². The summed E-state index contributed by atoms with van der Waals surface area (Å²) in [4.78, 5) is 17.8. The molecule has 5 heterocycles. The van der Waals surface area contributed by atoms with Gasteiger partial charge in [-0.05, 0) is 104 Å². The quantitative estimate of drug-likeness (QED) is 0.246. The molecule has 0 atom stereocenters. The van der Waals surface area contributed by atoms with Crippen molar-refractivity contribution in [3.8, 4) is 0 Å². The van der Waals surface area contributed by atoms with Crippen LogP contribution < -0.4 is 0 Å². The van der Waals surface area contributed by atoms with Gasteiger partial charge >= 0.3 is 0 Å². The molecule has 4 aromatic rings. The Hall–Kier alpha value is -2.56. The van der Waals surface area contributed by atoms with E-state index in [1.165, 1.54) is 0 Å². The molecule has 2 N–H and O–H groups in total. The van der Waals surface area contributed by atoms with Gasteiger partial charge in [-0.3, -0.25) is 9.97 Å². The van der Waals surface area contributed by atoms with Crippen molar-refractivity contribution in [1.82, 2.24) is 19.9 Å². The van der Waals surface area contributed by atoms with Gasteiger partial charge in [-0.15, -0.1) is 0 Å². The third kappa shape index (κ3) is 3.64. The van der Waals surface area contributed by atoms with Crippen molar-refractivity contribution in [1.29, 1.82) is 0 Å². The molecule has 1 aliphatic rings. The molecule has 0 aliphatic carbocycles. The van der Waals surface area contributed by atoms with Crippen LogP contribution in [0.3, 0.4) is 0 Å². The van der Waals surface area contributed by atoms with Crippen molar-refractivity contribution in [3.63, 3.8) is 0 Å². The molecule has 5 rings (SSSR count). The fraction of sp³-hybridized carbons (Fsp3) is 0.400. The molecule has 0 amide bonds.